The van der Waals surface area contributed by atoms with E-state index in [1.807, 2.05) is 19.1 Å². The Morgan fingerprint density at radius 3 is 2.11 bits per heavy atom. The van der Waals surface area contributed by atoms with Gasteiger partial charge in [-0.3, -0.25) is 4.98 Å². The Morgan fingerprint density at radius 2 is 1.58 bits per heavy atom. The topological polar surface area (TPSA) is 24.9 Å². The molecule has 0 aliphatic heterocycles. The summed E-state index contributed by atoms with van der Waals surface area (Å²) in [6, 6.07) is 7.26. The molecule has 2 nitrogen and oxygen atoms in total. The number of benzene rings is 1. The summed E-state index contributed by atoms with van der Waals surface area (Å²) in [6.45, 7) is 2.01. The highest BCUT2D eigenvalue weighted by molar-refractivity contribution is 5.27. The lowest BCUT2D eigenvalue weighted by atomic mass is 9.89. The van der Waals surface area contributed by atoms with E-state index in [2.05, 4.69) is 10.3 Å². The van der Waals surface area contributed by atoms with Crippen molar-refractivity contribution in [2.24, 2.45) is 0 Å². The second kappa shape index (κ2) is 5.89. The fraction of sp³-hybridized carbons (Fsp3) is 0.267. The predicted molar refractivity (Wildman–Crippen MR) is 70.8 cm³/mol. The molecule has 0 bridgehead atoms. The molecular formula is C15H16F2N2. The van der Waals surface area contributed by atoms with Crippen LogP contribution in [-0.4, -0.2) is 12.0 Å². The molecule has 19 heavy (non-hydrogen) atoms. The van der Waals surface area contributed by atoms with Gasteiger partial charge in [-0.25, -0.2) is 8.78 Å². The van der Waals surface area contributed by atoms with Crippen LogP contribution < -0.4 is 5.32 Å². The third-order valence-corrected chi connectivity index (χ3v) is 3.29. The number of pyridine rings is 1. The number of aromatic nitrogens is 1. The molecule has 0 spiro atoms. The standard InChI is InChI=1S/C15H16F2N2/c1-10(11-3-5-19-6-4-11)15(18-2)12-7-13(16)9-14(17)8-12/h3-10,15,18H,1-2H3. The summed E-state index contributed by atoms with van der Waals surface area (Å²) in [4.78, 5) is 3.97. The average Bonchev–Trinajstić information content (AvgIpc) is 2.39. The van der Waals surface area contributed by atoms with Gasteiger partial charge in [0.1, 0.15) is 11.6 Å². The van der Waals surface area contributed by atoms with Crippen LogP contribution in [0.1, 0.15) is 30.0 Å². The first-order valence-electron chi connectivity index (χ1n) is 6.15. The molecule has 2 unspecified atom stereocenters. The van der Waals surface area contributed by atoms with Gasteiger partial charge in [-0.05, 0) is 42.4 Å². The highest BCUT2D eigenvalue weighted by Crippen LogP contribution is 2.30. The van der Waals surface area contributed by atoms with E-state index < -0.39 is 11.6 Å². The van der Waals surface area contributed by atoms with Crippen molar-refractivity contribution in [2.45, 2.75) is 18.9 Å². The van der Waals surface area contributed by atoms with Crippen LogP contribution >= 0.6 is 0 Å². The highest BCUT2D eigenvalue weighted by Gasteiger charge is 2.20. The quantitative estimate of drug-likeness (QED) is 0.913. The molecule has 2 rings (SSSR count). The monoisotopic (exact) mass is 262 g/mol. The molecule has 1 aromatic carbocycles. The van der Waals surface area contributed by atoms with Crippen LogP contribution in [0.25, 0.3) is 0 Å². The van der Waals surface area contributed by atoms with Gasteiger partial charge in [-0.2, -0.15) is 0 Å². The van der Waals surface area contributed by atoms with Gasteiger partial charge >= 0.3 is 0 Å². The molecule has 1 heterocycles. The zero-order valence-corrected chi connectivity index (χ0v) is 10.9. The Morgan fingerprint density at radius 1 is 1.00 bits per heavy atom. The van der Waals surface area contributed by atoms with Gasteiger partial charge in [0.2, 0.25) is 0 Å². The van der Waals surface area contributed by atoms with E-state index in [0.717, 1.165) is 11.6 Å². The zero-order chi connectivity index (χ0) is 13.8. The van der Waals surface area contributed by atoms with Gasteiger partial charge in [0.15, 0.2) is 0 Å². The fourth-order valence-corrected chi connectivity index (χ4v) is 2.32. The van der Waals surface area contributed by atoms with Crippen molar-refractivity contribution in [1.82, 2.24) is 10.3 Å². The SMILES string of the molecule is CNC(c1cc(F)cc(F)c1)C(C)c1ccncc1. The molecule has 100 valence electrons. The summed E-state index contributed by atoms with van der Waals surface area (Å²) < 4.78 is 26.6. The lowest BCUT2D eigenvalue weighted by Crippen LogP contribution is -2.22. The van der Waals surface area contributed by atoms with Crippen LogP contribution in [0.3, 0.4) is 0 Å². The minimum absolute atomic E-state index is 0.0780. The summed E-state index contributed by atoms with van der Waals surface area (Å²) in [6.07, 6.45) is 3.43. The van der Waals surface area contributed by atoms with Gasteiger partial charge < -0.3 is 5.32 Å². The molecule has 0 aliphatic carbocycles. The molecule has 2 aromatic rings. The average molecular weight is 262 g/mol. The molecule has 0 aliphatic rings. The van der Waals surface area contributed by atoms with Crippen molar-refractivity contribution in [3.8, 4) is 0 Å². The lowest BCUT2D eigenvalue weighted by molar-refractivity contribution is 0.496. The van der Waals surface area contributed by atoms with Crippen LogP contribution in [-0.2, 0) is 0 Å². The van der Waals surface area contributed by atoms with E-state index in [-0.39, 0.29) is 12.0 Å². The molecule has 0 saturated heterocycles. The van der Waals surface area contributed by atoms with Gasteiger partial charge in [0.05, 0.1) is 0 Å². The molecule has 0 fully saturated rings. The summed E-state index contributed by atoms with van der Waals surface area (Å²) in [5.41, 5.74) is 1.67. The summed E-state index contributed by atoms with van der Waals surface area (Å²) in [5, 5.41) is 3.12. The number of hydrogen-bond acceptors (Lipinski definition) is 2. The van der Waals surface area contributed by atoms with Gasteiger partial charge in [0, 0.05) is 30.4 Å². The Hall–Kier alpha value is -1.81. The fourth-order valence-electron chi connectivity index (χ4n) is 2.32. The van der Waals surface area contributed by atoms with E-state index in [0.29, 0.717) is 5.56 Å². The van der Waals surface area contributed by atoms with Gasteiger partial charge in [-0.15, -0.1) is 0 Å². The zero-order valence-electron chi connectivity index (χ0n) is 10.9. The summed E-state index contributed by atoms with van der Waals surface area (Å²) >= 11 is 0. The third-order valence-electron chi connectivity index (χ3n) is 3.29. The Kier molecular flexibility index (Phi) is 4.22. The van der Waals surface area contributed by atoms with Gasteiger partial charge in [0.25, 0.3) is 0 Å². The Balaban J connectivity index is 2.34. The minimum atomic E-state index is -0.558. The van der Waals surface area contributed by atoms with Crippen molar-refractivity contribution in [3.63, 3.8) is 0 Å². The van der Waals surface area contributed by atoms with E-state index in [1.165, 1.54) is 12.1 Å². The van der Waals surface area contributed by atoms with Crippen molar-refractivity contribution < 1.29 is 8.78 Å². The van der Waals surface area contributed by atoms with Crippen LogP contribution in [0.2, 0.25) is 0 Å². The first kappa shape index (κ1) is 13.6. The van der Waals surface area contributed by atoms with Gasteiger partial charge in [-0.1, -0.05) is 6.92 Å². The van der Waals surface area contributed by atoms with Crippen LogP contribution in [0.15, 0.2) is 42.7 Å². The first-order chi connectivity index (χ1) is 9.11. The lowest BCUT2D eigenvalue weighted by Gasteiger charge is -2.24. The maximum atomic E-state index is 13.3. The van der Waals surface area contributed by atoms with Crippen LogP contribution in [0.4, 0.5) is 8.78 Å². The molecule has 0 radical (unpaired) electrons. The maximum absolute atomic E-state index is 13.3. The molecule has 1 N–H and O–H groups in total. The number of nitrogens with one attached hydrogen (secondary N) is 1. The minimum Gasteiger partial charge on any atom is -0.312 e. The van der Waals surface area contributed by atoms with E-state index >= 15 is 0 Å². The molecule has 1 aromatic heterocycles. The molecule has 0 saturated carbocycles. The number of hydrogen-bond donors (Lipinski definition) is 1. The normalized spacial score (nSPS) is 14.1. The molecule has 0 amide bonds. The second-order valence-corrected chi connectivity index (χ2v) is 4.54. The molecule has 2 atom stereocenters. The summed E-state index contributed by atoms with van der Waals surface area (Å²) in [7, 11) is 1.78. The first-order valence-corrected chi connectivity index (χ1v) is 6.15. The van der Waals surface area contributed by atoms with Crippen LogP contribution in [0, 0.1) is 11.6 Å². The Labute approximate surface area is 111 Å². The smallest absolute Gasteiger partial charge is 0.126 e. The van der Waals surface area contributed by atoms with Crippen molar-refractivity contribution in [2.75, 3.05) is 7.05 Å². The van der Waals surface area contributed by atoms with E-state index in [1.54, 1.807) is 19.4 Å². The van der Waals surface area contributed by atoms with Crippen LogP contribution in [0.5, 0.6) is 0 Å². The van der Waals surface area contributed by atoms with E-state index in [9.17, 15) is 8.78 Å². The molecule has 4 heteroatoms. The van der Waals surface area contributed by atoms with Crippen molar-refractivity contribution >= 4 is 0 Å². The number of nitrogens with zero attached hydrogens (tertiary/aromatic N) is 1. The summed E-state index contributed by atoms with van der Waals surface area (Å²) in [5.74, 6) is -1.04. The maximum Gasteiger partial charge on any atom is 0.126 e. The predicted octanol–water partition coefficient (Wildman–Crippen LogP) is 3.42. The van der Waals surface area contributed by atoms with Crippen molar-refractivity contribution in [1.29, 1.82) is 0 Å². The second-order valence-electron chi connectivity index (χ2n) is 4.54. The largest absolute Gasteiger partial charge is 0.312 e. The third kappa shape index (κ3) is 3.15. The number of halogens is 2. The number of rotatable bonds is 4. The van der Waals surface area contributed by atoms with Crippen molar-refractivity contribution in [3.05, 3.63) is 65.5 Å². The van der Waals surface area contributed by atoms with E-state index in [4.69, 9.17) is 0 Å². The highest BCUT2D eigenvalue weighted by atomic mass is 19.1. The Bertz CT molecular complexity index is 523. The number of likely N-dealkylation sites (N-methyl/N-ethyl adjacent to an activating group) is 1. The molecular weight excluding hydrogens is 246 g/mol.